The molecule has 0 saturated carbocycles. The second kappa shape index (κ2) is 4.95. The van der Waals surface area contributed by atoms with Crippen LogP contribution in [-0.2, 0) is 0 Å². The van der Waals surface area contributed by atoms with E-state index >= 15 is 0 Å². The number of hydrogen-bond donors (Lipinski definition) is 1. The molecule has 0 aliphatic carbocycles. The number of hydrogen-bond acceptors (Lipinski definition) is 3. The SMILES string of the molecule is Clc1cc(Br)cc(Cl)c1NC1=NCCS1. The zero-order valence-corrected chi connectivity index (χ0v) is 11.5. The number of benzene rings is 1. The van der Waals surface area contributed by atoms with Gasteiger partial charge in [-0.2, -0.15) is 0 Å². The van der Waals surface area contributed by atoms with Gasteiger partial charge < -0.3 is 5.32 Å². The van der Waals surface area contributed by atoms with Gasteiger partial charge in [-0.3, -0.25) is 4.99 Å². The molecule has 1 aliphatic heterocycles. The quantitative estimate of drug-likeness (QED) is 0.833. The topological polar surface area (TPSA) is 24.4 Å². The molecule has 0 fully saturated rings. The van der Waals surface area contributed by atoms with Crippen molar-refractivity contribution >= 4 is 61.7 Å². The Kier molecular flexibility index (Phi) is 3.83. The monoisotopic (exact) mass is 324 g/mol. The van der Waals surface area contributed by atoms with Gasteiger partial charge in [-0.1, -0.05) is 50.9 Å². The summed E-state index contributed by atoms with van der Waals surface area (Å²) in [6.45, 7) is 0.846. The lowest BCUT2D eigenvalue weighted by molar-refractivity contribution is 1.17. The molecular weight excluding hydrogens is 319 g/mol. The summed E-state index contributed by atoms with van der Waals surface area (Å²) in [6.07, 6.45) is 0. The summed E-state index contributed by atoms with van der Waals surface area (Å²) in [7, 11) is 0. The molecule has 6 heteroatoms. The summed E-state index contributed by atoms with van der Waals surface area (Å²) in [5.74, 6) is 1.01. The number of amidine groups is 1. The summed E-state index contributed by atoms with van der Waals surface area (Å²) in [5, 5.41) is 5.18. The van der Waals surface area contributed by atoms with Gasteiger partial charge in [0, 0.05) is 10.2 Å². The van der Waals surface area contributed by atoms with Crippen LogP contribution in [0.25, 0.3) is 0 Å². The maximum absolute atomic E-state index is 6.07. The van der Waals surface area contributed by atoms with E-state index in [-0.39, 0.29) is 0 Å². The third-order valence-electron chi connectivity index (χ3n) is 1.82. The molecule has 0 saturated heterocycles. The minimum absolute atomic E-state index is 0.588. The highest BCUT2D eigenvalue weighted by atomic mass is 79.9. The Morgan fingerprint density at radius 3 is 2.53 bits per heavy atom. The molecule has 1 N–H and O–H groups in total. The minimum Gasteiger partial charge on any atom is -0.333 e. The lowest BCUT2D eigenvalue weighted by Crippen LogP contribution is -2.05. The van der Waals surface area contributed by atoms with Gasteiger partial charge in [0.25, 0.3) is 0 Å². The van der Waals surface area contributed by atoms with Gasteiger partial charge in [-0.15, -0.1) is 0 Å². The zero-order valence-electron chi connectivity index (χ0n) is 7.56. The number of nitrogens with one attached hydrogen (secondary N) is 1. The molecule has 80 valence electrons. The van der Waals surface area contributed by atoms with Gasteiger partial charge in [-0.25, -0.2) is 0 Å². The molecule has 2 rings (SSSR count). The van der Waals surface area contributed by atoms with E-state index in [0.29, 0.717) is 10.0 Å². The van der Waals surface area contributed by atoms with Crippen LogP contribution >= 0.6 is 50.9 Å². The summed E-state index contributed by atoms with van der Waals surface area (Å²) in [6, 6.07) is 3.60. The van der Waals surface area contributed by atoms with Gasteiger partial charge in [0.15, 0.2) is 5.17 Å². The highest BCUT2D eigenvalue weighted by Crippen LogP contribution is 2.34. The maximum Gasteiger partial charge on any atom is 0.161 e. The molecule has 2 nitrogen and oxygen atoms in total. The van der Waals surface area contributed by atoms with Gasteiger partial charge >= 0.3 is 0 Å². The van der Waals surface area contributed by atoms with Crippen molar-refractivity contribution in [3.05, 3.63) is 26.7 Å². The molecule has 1 aromatic carbocycles. The summed E-state index contributed by atoms with van der Waals surface area (Å²) < 4.78 is 0.865. The molecule has 15 heavy (non-hydrogen) atoms. The van der Waals surface area contributed by atoms with Crippen molar-refractivity contribution in [2.45, 2.75) is 0 Å². The zero-order chi connectivity index (χ0) is 10.8. The van der Waals surface area contributed by atoms with Gasteiger partial charge in [0.1, 0.15) is 0 Å². The highest BCUT2D eigenvalue weighted by molar-refractivity contribution is 9.10. The van der Waals surface area contributed by atoms with Crippen molar-refractivity contribution in [1.29, 1.82) is 0 Å². The molecule has 0 aromatic heterocycles. The fourth-order valence-corrected chi connectivity index (χ4v) is 3.22. The maximum atomic E-state index is 6.07. The first kappa shape index (κ1) is 11.6. The largest absolute Gasteiger partial charge is 0.333 e. The Morgan fingerprint density at radius 1 is 1.33 bits per heavy atom. The van der Waals surface area contributed by atoms with Crippen LogP contribution in [0, 0.1) is 0 Å². The number of thioether (sulfide) groups is 1. The van der Waals surface area contributed by atoms with E-state index in [2.05, 4.69) is 26.2 Å². The van der Waals surface area contributed by atoms with Crippen molar-refractivity contribution < 1.29 is 0 Å². The Balaban J connectivity index is 2.27. The predicted octanol–water partition coefficient (Wildman–Crippen LogP) is 4.27. The minimum atomic E-state index is 0.588. The lowest BCUT2D eigenvalue weighted by Gasteiger charge is -2.09. The van der Waals surface area contributed by atoms with E-state index in [1.54, 1.807) is 23.9 Å². The number of anilines is 1. The molecule has 1 aliphatic rings. The fraction of sp³-hybridized carbons (Fsp3) is 0.222. The Labute approximate surface area is 111 Å². The Bertz CT molecular complexity index is 400. The third kappa shape index (κ3) is 2.81. The first-order valence-corrected chi connectivity index (χ1v) is 6.79. The average Bonchev–Trinajstić information content (AvgIpc) is 2.63. The molecule has 1 aromatic rings. The van der Waals surface area contributed by atoms with Crippen LogP contribution in [0.5, 0.6) is 0 Å². The third-order valence-corrected chi connectivity index (χ3v) is 3.77. The van der Waals surface area contributed by atoms with Gasteiger partial charge in [0.05, 0.1) is 22.3 Å². The van der Waals surface area contributed by atoms with Crippen LogP contribution in [-0.4, -0.2) is 17.5 Å². The Morgan fingerprint density at radius 2 is 2.00 bits per heavy atom. The van der Waals surface area contributed by atoms with Crippen LogP contribution in [0.1, 0.15) is 0 Å². The molecule has 0 spiro atoms. The van der Waals surface area contributed by atoms with Crippen molar-refractivity contribution in [3.63, 3.8) is 0 Å². The molecule has 1 heterocycles. The first-order chi connectivity index (χ1) is 7.16. The van der Waals surface area contributed by atoms with Crippen molar-refractivity contribution in [2.24, 2.45) is 4.99 Å². The highest BCUT2D eigenvalue weighted by Gasteiger charge is 2.12. The molecule has 0 atom stereocenters. The molecule has 0 amide bonds. The van der Waals surface area contributed by atoms with Crippen molar-refractivity contribution in [3.8, 4) is 0 Å². The number of rotatable bonds is 1. The summed E-state index contributed by atoms with van der Waals surface area (Å²) in [4.78, 5) is 4.28. The van der Waals surface area contributed by atoms with E-state index in [9.17, 15) is 0 Å². The van der Waals surface area contributed by atoms with Crippen LogP contribution in [0.15, 0.2) is 21.6 Å². The second-order valence-electron chi connectivity index (χ2n) is 2.90. The number of aliphatic imine (C=N–C) groups is 1. The van der Waals surface area contributed by atoms with Crippen molar-refractivity contribution in [2.75, 3.05) is 17.6 Å². The standard InChI is InChI=1S/C9H7BrCl2N2S/c10-5-3-6(11)8(7(12)4-5)14-9-13-1-2-15-9/h3-4H,1-2H2,(H,13,14). The molecular formula is C9H7BrCl2N2S. The summed E-state index contributed by atoms with van der Waals surface area (Å²) >= 11 is 17.1. The van der Waals surface area contributed by atoms with Gasteiger partial charge in [0.2, 0.25) is 0 Å². The first-order valence-electron chi connectivity index (χ1n) is 4.25. The van der Waals surface area contributed by atoms with E-state index in [1.807, 2.05) is 0 Å². The van der Waals surface area contributed by atoms with Crippen LogP contribution in [0.2, 0.25) is 10.0 Å². The number of nitrogens with zero attached hydrogens (tertiary/aromatic N) is 1. The van der Waals surface area contributed by atoms with Crippen LogP contribution in [0.3, 0.4) is 0 Å². The fourth-order valence-electron chi connectivity index (χ4n) is 1.18. The van der Waals surface area contributed by atoms with E-state index in [0.717, 1.165) is 27.6 Å². The van der Waals surface area contributed by atoms with E-state index < -0.39 is 0 Å². The van der Waals surface area contributed by atoms with E-state index in [1.165, 1.54) is 0 Å². The summed E-state index contributed by atoms with van der Waals surface area (Å²) in [5.41, 5.74) is 0.717. The van der Waals surface area contributed by atoms with E-state index in [4.69, 9.17) is 23.2 Å². The normalized spacial score (nSPS) is 15.3. The average molecular weight is 326 g/mol. The van der Waals surface area contributed by atoms with Crippen molar-refractivity contribution in [1.82, 2.24) is 0 Å². The lowest BCUT2D eigenvalue weighted by atomic mass is 10.3. The smallest absolute Gasteiger partial charge is 0.161 e. The Hall–Kier alpha value is 0.1000. The predicted molar refractivity (Wildman–Crippen MR) is 72.5 cm³/mol. The number of halogens is 3. The molecule has 0 radical (unpaired) electrons. The van der Waals surface area contributed by atoms with Crippen LogP contribution < -0.4 is 5.32 Å². The second-order valence-corrected chi connectivity index (χ2v) is 5.72. The van der Waals surface area contributed by atoms with Crippen LogP contribution in [0.4, 0.5) is 5.69 Å². The van der Waals surface area contributed by atoms with Gasteiger partial charge in [-0.05, 0) is 12.1 Å². The molecule has 0 bridgehead atoms. The molecule has 0 unspecified atom stereocenters.